The van der Waals surface area contributed by atoms with Crippen LogP contribution >= 0.6 is 0 Å². The van der Waals surface area contributed by atoms with Crippen LogP contribution in [-0.2, 0) is 16.1 Å². The Morgan fingerprint density at radius 1 is 1.22 bits per heavy atom. The van der Waals surface area contributed by atoms with E-state index in [0.29, 0.717) is 24.5 Å². The lowest BCUT2D eigenvalue weighted by atomic mass is 9.87. The predicted octanol–water partition coefficient (Wildman–Crippen LogP) is 3.08. The number of methoxy groups -OCH3 is 1. The number of imidazole rings is 1. The number of carbonyl (C=O) groups is 1. The van der Waals surface area contributed by atoms with Gasteiger partial charge in [-0.1, -0.05) is 19.3 Å². The second kappa shape index (κ2) is 7.47. The first kappa shape index (κ1) is 16.5. The van der Waals surface area contributed by atoms with Gasteiger partial charge in [0.1, 0.15) is 12.4 Å². The average Bonchev–Trinajstić information content (AvgIpc) is 2.96. The average molecular weight is 319 g/mol. The van der Waals surface area contributed by atoms with Crippen molar-refractivity contribution in [2.75, 3.05) is 20.2 Å². The molecule has 5 heteroatoms. The number of rotatable bonds is 4. The summed E-state index contributed by atoms with van der Waals surface area (Å²) in [5, 5.41) is 0. The van der Waals surface area contributed by atoms with Crippen LogP contribution in [0.25, 0.3) is 0 Å². The summed E-state index contributed by atoms with van der Waals surface area (Å²) in [7, 11) is 1.71. The highest BCUT2D eigenvalue weighted by molar-refractivity contribution is 5.79. The Labute approximate surface area is 139 Å². The SMILES string of the molecule is COCc1ncc(C)n1C1CCN(C(=O)C2CCCCC2)CC1. The van der Waals surface area contributed by atoms with E-state index in [1.165, 1.54) is 25.0 Å². The smallest absolute Gasteiger partial charge is 0.225 e. The highest BCUT2D eigenvalue weighted by Crippen LogP contribution is 2.30. The zero-order chi connectivity index (χ0) is 16.2. The van der Waals surface area contributed by atoms with Gasteiger partial charge in [0.2, 0.25) is 5.91 Å². The zero-order valence-electron chi connectivity index (χ0n) is 14.5. The van der Waals surface area contributed by atoms with Crippen LogP contribution in [0.2, 0.25) is 0 Å². The molecule has 5 nitrogen and oxygen atoms in total. The van der Waals surface area contributed by atoms with Crippen molar-refractivity contribution in [3.63, 3.8) is 0 Å². The fourth-order valence-corrected chi connectivity index (χ4v) is 4.18. The van der Waals surface area contributed by atoms with Crippen molar-refractivity contribution in [1.82, 2.24) is 14.5 Å². The standard InChI is InChI=1S/C18H29N3O2/c1-14-12-19-17(13-23-2)21(14)16-8-10-20(11-9-16)18(22)15-6-4-3-5-7-15/h12,15-16H,3-11,13H2,1-2H3. The van der Waals surface area contributed by atoms with E-state index in [9.17, 15) is 4.79 Å². The van der Waals surface area contributed by atoms with Crippen LogP contribution in [-0.4, -0.2) is 40.6 Å². The molecular formula is C18H29N3O2. The summed E-state index contributed by atoms with van der Waals surface area (Å²) >= 11 is 0. The maximum atomic E-state index is 12.7. The monoisotopic (exact) mass is 319 g/mol. The molecule has 1 aromatic heterocycles. The third-order valence-corrected chi connectivity index (χ3v) is 5.43. The molecule has 0 spiro atoms. The Balaban J connectivity index is 1.60. The summed E-state index contributed by atoms with van der Waals surface area (Å²) < 4.78 is 7.57. The van der Waals surface area contributed by atoms with Crippen molar-refractivity contribution in [3.8, 4) is 0 Å². The Morgan fingerprint density at radius 3 is 2.57 bits per heavy atom. The lowest BCUT2D eigenvalue weighted by Gasteiger charge is -2.36. The molecule has 0 atom stereocenters. The molecule has 3 rings (SSSR count). The molecule has 0 bridgehead atoms. The number of nitrogens with zero attached hydrogens (tertiary/aromatic N) is 3. The first-order valence-electron chi connectivity index (χ1n) is 9.01. The first-order valence-corrected chi connectivity index (χ1v) is 9.01. The number of piperidine rings is 1. The highest BCUT2D eigenvalue weighted by Gasteiger charge is 2.30. The Bertz CT molecular complexity index is 526. The van der Waals surface area contributed by atoms with Crippen molar-refractivity contribution in [1.29, 1.82) is 0 Å². The molecule has 0 unspecified atom stereocenters. The number of carbonyl (C=O) groups excluding carboxylic acids is 1. The van der Waals surface area contributed by atoms with E-state index in [1.807, 2.05) is 6.20 Å². The van der Waals surface area contributed by atoms with Gasteiger partial charge in [-0.3, -0.25) is 4.79 Å². The molecule has 2 heterocycles. The van der Waals surface area contributed by atoms with E-state index in [2.05, 4.69) is 21.4 Å². The molecule has 23 heavy (non-hydrogen) atoms. The normalized spacial score (nSPS) is 20.9. The van der Waals surface area contributed by atoms with Crippen LogP contribution in [0.1, 0.15) is 62.5 Å². The van der Waals surface area contributed by atoms with Crippen LogP contribution in [0, 0.1) is 12.8 Å². The molecule has 1 saturated heterocycles. The number of amides is 1. The van der Waals surface area contributed by atoms with Crippen LogP contribution in [0.5, 0.6) is 0 Å². The minimum Gasteiger partial charge on any atom is -0.377 e. The quantitative estimate of drug-likeness (QED) is 0.857. The predicted molar refractivity (Wildman–Crippen MR) is 89.1 cm³/mol. The van der Waals surface area contributed by atoms with Crippen molar-refractivity contribution >= 4 is 5.91 Å². The molecule has 1 aliphatic carbocycles. The molecule has 1 aliphatic heterocycles. The van der Waals surface area contributed by atoms with Crippen molar-refractivity contribution in [2.45, 2.75) is 64.5 Å². The largest absolute Gasteiger partial charge is 0.377 e. The number of aryl methyl sites for hydroxylation is 1. The van der Waals surface area contributed by atoms with Gasteiger partial charge >= 0.3 is 0 Å². The second-order valence-electron chi connectivity index (χ2n) is 7.01. The fraction of sp³-hybridized carbons (Fsp3) is 0.778. The Kier molecular flexibility index (Phi) is 5.36. The molecule has 1 saturated carbocycles. The fourth-order valence-electron chi connectivity index (χ4n) is 4.18. The Morgan fingerprint density at radius 2 is 1.91 bits per heavy atom. The van der Waals surface area contributed by atoms with E-state index >= 15 is 0 Å². The minimum absolute atomic E-state index is 0.291. The van der Waals surface area contributed by atoms with Crippen molar-refractivity contribution in [2.24, 2.45) is 5.92 Å². The van der Waals surface area contributed by atoms with Crippen LogP contribution in [0.3, 0.4) is 0 Å². The third-order valence-electron chi connectivity index (χ3n) is 5.43. The van der Waals surface area contributed by atoms with E-state index in [4.69, 9.17) is 4.74 Å². The molecule has 0 aromatic carbocycles. The van der Waals surface area contributed by atoms with Gasteiger partial charge in [0.15, 0.2) is 0 Å². The number of ether oxygens (including phenoxy) is 1. The van der Waals surface area contributed by atoms with Gasteiger partial charge in [-0.15, -0.1) is 0 Å². The van der Waals surface area contributed by atoms with E-state index in [1.54, 1.807) is 7.11 Å². The van der Waals surface area contributed by atoms with Gasteiger partial charge in [-0.25, -0.2) is 4.98 Å². The molecule has 1 amide bonds. The molecule has 0 N–H and O–H groups in total. The Hall–Kier alpha value is -1.36. The summed E-state index contributed by atoms with van der Waals surface area (Å²) in [4.78, 5) is 19.2. The van der Waals surface area contributed by atoms with E-state index < -0.39 is 0 Å². The molecule has 1 aromatic rings. The lowest BCUT2D eigenvalue weighted by Crippen LogP contribution is -2.42. The molecule has 2 fully saturated rings. The second-order valence-corrected chi connectivity index (χ2v) is 7.01. The summed E-state index contributed by atoms with van der Waals surface area (Å²) in [6.45, 7) is 4.41. The van der Waals surface area contributed by atoms with Crippen LogP contribution in [0.4, 0.5) is 0 Å². The van der Waals surface area contributed by atoms with Gasteiger partial charge in [-0.05, 0) is 32.6 Å². The lowest BCUT2D eigenvalue weighted by molar-refractivity contribution is -0.137. The number of hydrogen-bond donors (Lipinski definition) is 0. The number of likely N-dealkylation sites (tertiary alicyclic amines) is 1. The minimum atomic E-state index is 0.291. The van der Waals surface area contributed by atoms with Gasteiger partial charge in [0.05, 0.1) is 0 Å². The van der Waals surface area contributed by atoms with Crippen molar-refractivity contribution < 1.29 is 9.53 Å². The van der Waals surface area contributed by atoms with Gasteiger partial charge in [0, 0.05) is 44.0 Å². The third kappa shape index (κ3) is 3.60. The van der Waals surface area contributed by atoms with Crippen LogP contribution < -0.4 is 0 Å². The maximum Gasteiger partial charge on any atom is 0.225 e. The molecular weight excluding hydrogens is 290 g/mol. The van der Waals surface area contributed by atoms with Gasteiger partial charge < -0.3 is 14.2 Å². The topological polar surface area (TPSA) is 47.4 Å². The molecule has 0 radical (unpaired) electrons. The summed E-state index contributed by atoms with van der Waals surface area (Å²) in [5.74, 6) is 1.70. The number of aromatic nitrogens is 2. The summed E-state index contributed by atoms with van der Waals surface area (Å²) in [6.07, 6.45) is 9.90. The van der Waals surface area contributed by atoms with Gasteiger partial charge in [0.25, 0.3) is 0 Å². The van der Waals surface area contributed by atoms with Gasteiger partial charge in [-0.2, -0.15) is 0 Å². The van der Waals surface area contributed by atoms with E-state index in [-0.39, 0.29) is 0 Å². The summed E-state index contributed by atoms with van der Waals surface area (Å²) in [6, 6.07) is 0.443. The van der Waals surface area contributed by atoms with Crippen LogP contribution in [0.15, 0.2) is 6.20 Å². The van der Waals surface area contributed by atoms with Crippen molar-refractivity contribution in [3.05, 3.63) is 17.7 Å². The number of hydrogen-bond acceptors (Lipinski definition) is 3. The summed E-state index contributed by atoms with van der Waals surface area (Å²) in [5.41, 5.74) is 1.19. The van der Waals surface area contributed by atoms with E-state index in [0.717, 1.165) is 44.6 Å². The molecule has 128 valence electrons. The maximum absolute atomic E-state index is 12.7. The highest BCUT2D eigenvalue weighted by atomic mass is 16.5. The first-order chi connectivity index (χ1) is 11.2. The zero-order valence-corrected chi connectivity index (χ0v) is 14.5. The molecule has 2 aliphatic rings.